The van der Waals surface area contributed by atoms with Gasteiger partial charge in [0.1, 0.15) is 5.75 Å². The van der Waals surface area contributed by atoms with Gasteiger partial charge in [-0.15, -0.1) is 0 Å². The average Bonchev–Trinajstić information content (AvgIpc) is 3.29. The molecule has 168 valence electrons. The highest BCUT2D eigenvalue weighted by Crippen LogP contribution is 2.18. The molecule has 33 heavy (non-hydrogen) atoms. The number of halogens is 1. The molecule has 10 nitrogen and oxygen atoms in total. The van der Waals surface area contributed by atoms with Gasteiger partial charge in [-0.1, -0.05) is 11.6 Å². The van der Waals surface area contributed by atoms with Crippen molar-refractivity contribution in [1.29, 1.82) is 0 Å². The van der Waals surface area contributed by atoms with Crippen LogP contribution < -0.4 is 14.8 Å². The monoisotopic (exact) mass is 484 g/mol. The van der Waals surface area contributed by atoms with Crippen LogP contribution in [0.2, 0.25) is 5.02 Å². The zero-order valence-corrected chi connectivity index (χ0v) is 18.5. The summed E-state index contributed by atoms with van der Waals surface area (Å²) in [6.07, 6.45) is 4.46. The minimum atomic E-state index is -3.86. The van der Waals surface area contributed by atoms with Gasteiger partial charge in [-0.3, -0.25) is 4.79 Å². The second-order valence-corrected chi connectivity index (χ2v) is 8.74. The predicted octanol–water partition coefficient (Wildman–Crippen LogP) is 3.42. The summed E-state index contributed by atoms with van der Waals surface area (Å²) in [4.78, 5) is 20.1. The molecule has 1 amide bonds. The molecule has 0 aliphatic heterocycles. The van der Waals surface area contributed by atoms with Crippen LogP contribution in [0.15, 0.2) is 84.1 Å². The highest BCUT2D eigenvalue weighted by atomic mass is 35.5. The molecule has 0 atom stereocenters. The summed E-state index contributed by atoms with van der Waals surface area (Å²) in [6.45, 7) is 0.111. The molecule has 0 aliphatic carbocycles. The Bertz CT molecular complexity index is 1340. The third kappa shape index (κ3) is 5.84. The molecule has 2 aromatic heterocycles. The van der Waals surface area contributed by atoms with E-state index < -0.39 is 15.9 Å². The first-order valence-electron chi connectivity index (χ1n) is 9.52. The Morgan fingerprint density at radius 1 is 1.00 bits per heavy atom. The van der Waals surface area contributed by atoms with Crippen LogP contribution in [-0.2, 0) is 16.8 Å². The van der Waals surface area contributed by atoms with Crippen LogP contribution in [0.1, 0.15) is 10.5 Å². The molecule has 0 fully saturated rings. The number of sulfonamides is 1. The first kappa shape index (κ1) is 22.2. The number of benzene rings is 2. The van der Waals surface area contributed by atoms with E-state index >= 15 is 0 Å². The lowest BCUT2D eigenvalue weighted by atomic mass is 10.3. The van der Waals surface area contributed by atoms with Gasteiger partial charge < -0.3 is 10.1 Å². The van der Waals surface area contributed by atoms with E-state index in [1.165, 1.54) is 41.3 Å². The van der Waals surface area contributed by atoms with Crippen LogP contribution in [-0.4, -0.2) is 34.1 Å². The van der Waals surface area contributed by atoms with E-state index in [0.717, 1.165) is 0 Å². The quantitative estimate of drug-likeness (QED) is 0.392. The van der Waals surface area contributed by atoms with E-state index in [9.17, 15) is 13.2 Å². The number of hydrogen-bond acceptors (Lipinski definition) is 7. The number of anilines is 2. The molecule has 12 heteroatoms. The smallest absolute Gasteiger partial charge is 0.276 e. The number of rotatable bonds is 8. The maximum Gasteiger partial charge on any atom is 0.276 e. The maximum absolute atomic E-state index is 12.5. The standard InChI is InChI=1S/C21H17ClN6O4S/c22-15-2-6-17(7-3-15)32-14-28-13-10-19(26-28)20(29)25-16-4-8-18(9-5-16)33(30,31)27-21-23-11-1-12-24-21/h1-13H,14H2,(H,25,29)(H,23,24,27). The summed E-state index contributed by atoms with van der Waals surface area (Å²) in [5.41, 5.74) is 0.580. The lowest BCUT2D eigenvalue weighted by molar-refractivity contribution is 0.102. The molecule has 2 heterocycles. The molecular formula is C21H17ClN6O4S. The third-order valence-electron chi connectivity index (χ3n) is 4.26. The number of nitrogens with one attached hydrogen (secondary N) is 2. The Labute approximate surface area is 194 Å². The van der Waals surface area contributed by atoms with E-state index in [4.69, 9.17) is 16.3 Å². The van der Waals surface area contributed by atoms with Crippen molar-refractivity contribution in [2.75, 3.05) is 10.0 Å². The summed E-state index contributed by atoms with van der Waals surface area (Å²) < 4.78 is 34.2. The van der Waals surface area contributed by atoms with Crippen LogP contribution in [0.5, 0.6) is 5.75 Å². The van der Waals surface area contributed by atoms with Crippen molar-refractivity contribution in [1.82, 2.24) is 19.7 Å². The van der Waals surface area contributed by atoms with Crippen molar-refractivity contribution in [3.63, 3.8) is 0 Å². The minimum absolute atomic E-state index is 0.00317. The second kappa shape index (κ2) is 9.67. The van der Waals surface area contributed by atoms with Crippen molar-refractivity contribution >= 4 is 39.2 Å². The predicted molar refractivity (Wildman–Crippen MR) is 122 cm³/mol. The van der Waals surface area contributed by atoms with Gasteiger partial charge in [0.2, 0.25) is 5.95 Å². The summed E-state index contributed by atoms with van der Waals surface area (Å²) >= 11 is 5.84. The van der Waals surface area contributed by atoms with Crippen LogP contribution in [0.3, 0.4) is 0 Å². The van der Waals surface area contributed by atoms with Crippen molar-refractivity contribution in [2.24, 2.45) is 0 Å². The Balaban J connectivity index is 1.35. The molecule has 4 aromatic rings. The lowest BCUT2D eigenvalue weighted by Crippen LogP contribution is -2.16. The van der Waals surface area contributed by atoms with Crippen molar-refractivity contribution < 1.29 is 17.9 Å². The van der Waals surface area contributed by atoms with Crippen molar-refractivity contribution in [3.05, 3.63) is 90.0 Å². The van der Waals surface area contributed by atoms with Crippen LogP contribution in [0, 0.1) is 0 Å². The Morgan fingerprint density at radius 3 is 2.39 bits per heavy atom. The van der Waals surface area contributed by atoms with Crippen molar-refractivity contribution in [3.8, 4) is 5.75 Å². The molecular weight excluding hydrogens is 468 g/mol. The number of hydrogen-bond donors (Lipinski definition) is 2. The highest BCUT2D eigenvalue weighted by molar-refractivity contribution is 7.92. The number of aromatic nitrogens is 4. The topological polar surface area (TPSA) is 128 Å². The first-order valence-corrected chi connectivity index (χ1v) is 11.4. The molecule has 4 rings (SSSR count). The fourth-order valence-corrected chi connectivity index (χ4v) is 3.75. The normalized spacial score (nSPS) is 11.1. The molecule has 2 N–H and O–H groups in total. The van der Waals surface area contributed by atoms with Gasteiger partial charge in [-0.05, 0) is 60.7 Å². The second-order valence-electron chi connectivity index (χ2n) is 6.62. The summed E-state index contributed by atoms with van der Waals surface area (Å²) in [6, 6.07) is 15.7. The molecule has 0 radical (unpaired) electrons. The number of amides is 1. The third-order valence-corrected chi connectivity index (χ3v) is 5.86. The summed E-state index contributed by atoms with van der Waals surface area (Å²) in [7, 11) is -3.86. The molecule has 0 saturated heterocycles. The SMILES string of the molecule is O=C(Nc1ccc(S(=O)(=O)Nc2ncccn2)cc1)c1ccn(COc2ccc(Cl)cc2)n1. The number of nitrogens with zero attached hydrogens (tertiary/aromatic N) is 4. The van der Waals surface area contributed by atoms with Gasteiger partial charge in [-0.2, -0.15) is 5.10 Å². The largest absolute Gasteiger partial charge is 0.471 e. The van der Waals surface area contributed by atoms with Gasteiger partial charge >= 0.3 is 0 Å². The van der Waals surface area contributed by atoms with Crippen LogP contribution in [0.25, 0.3) is 0 Å². The summed E-state index contributed by atoms with van der Waals surface area (Å²) in [5.74, 6) is 0.126. The van der Waals surface area contributed by atoms with Gasteiger partial charge in [0.05, 0.1) is 4.90 Å². The average molecular weight is 485 g/mol. The Hall–Kier alpha value is -3.96. The van der Waals surface area contributed by atoms with Crippen LogP contribution >= 0.6 is 11.6 Å². The molecule has 0 spiro atoms. The molecule has 2 aromatic carbocycles. The molecule has 0 bridgehead atoms. The zero-order valence-electron chi connectivity index (χ0n) is 16.9. The van der Waals surface area contributed by atoms with Crippen molar-refractivity contribution in [2.45, 2.75) is 11.6 Å². The van der Waals surface area contributed by atoms with Crippen LogP contribution in [0.4, 0.5) is 11.6 Å². The molecule has 0 saturated carbocycles. The van der Waals surface area contributed by atoms with Gasteiger partial charge in [0, 0.05) is 29.3 Å². The van der Waals surface area contributed by atoms with E-state index in [1.807, 2.05) is 0 Å². The lowest BCUT2D eigenvalue weighted by Gasteiger charge is -2.08. The maximum atomic E-state index is 12.5. The Morgan fingerprint density at radius 2 is 1.70 bits per heavy atom. The zero-order chi connectivity index (χ0) is 23.3. The first-order chi connectivity index (χ1) is 15.9. The van der Waals surface area contributed by atoms with E-state index in [-0.39, 0.29) is 23.3 Å². The number of carbonyl (C=O) groups excluding carboxylic acids is 1. The van der Waals surface area contributed by atoms with Gasteiger partial charge in [-0.25, -0.2) is 27.8 Å². The van der Waals surface area contributed by atoms with E-state index in [1.54, 1.807) is 42.6 Å². The molecule has 0 aliphatic rings. The minimum Gasteiger partial charge on any atom is -0.471 e. The Kier molecular flexibility index (Phi) is 6.52. The fourth-order valence-electron chi connectivity index (χ4n) is 2.67. The molecule has 0 unspecified atom stereocenters. The highest BCUT2D eigenvalue weighted by Gasteiger charge is 2.16. The van der Waals surface area contributed by atoms with E-state index in [2.05, 4.69) is 25.1 Å². The fraction of sp³-hybridized carbons (Fsp3) is 0.0476. The van der Waals surface area contributed by atoms with E-state index in [0.29, 0.717) is 16.5 Å². The number of carbonyl (C=O) groups is 1. The summed E-state index contributed by atoms with van der Waals surface area (Å²) in [5, 5.41) is 7.45. The number of ether oxygens (including phenoxy) is 1. The van der Waals surface area contributed by atoms with Gasteiger partial charge in [0.25, 0.3) is 15.9 Å². The van der Waals surface area contributed by atoms with Gasteiger partial charge in [0.15, 0.2) is 12.4 Å².